The minimum absolute atomic E-state index is 0.0122. The number of carboxylic acid groups (broad SMARTS) is 1. The molecule has 7 heteroatoms. The van der Waals surface area contributed by atoms with Gasteiger partial charge in [-0.2, -0.15) is 0 Å². The van der Waals surface area contributed by atoms with Gasteiger partial charge in [0.15, 0.2) is 0 Å². The summed E-state index contributed by atoms with van der Waals surface area (Å²) in [4.78, 5) is 23.5. The second kappa shape index (κ2) is 5.94. The topological polar surface area (TPSA) is 75.6 Å². The van der Waals surface area contributed by atoms with Crippen molar-refractivity contribution in [2.75, 3.05) is 12.4 Å². The lowest BCUT2D eigenvalue weighted by molar-refractivity contribution is 0.0698. The van der Waals surface area contributed by atoms with Crippen molar-refractivity contribution in [3.8, 4) is 5.75 Å². The van der Waals surface area contributed by atoms with E-state index in [0.29, 0.717) is 15.0 Å². The summed E-state index contributed by atoms with van der Waals surface area (Å²) in [7, 11) is 1.46. The lowest BCUT2D eigenvalue weighted by atomic mass is 10.1. The highest BCUT2D eigenvalue weighted by Gasteiger charge is 2.15. The van der Waals surface area contributed by atoms with Crippen molar-refractivity contribution in [1.82, 2.24) is 0 Å². The lowest BCUT2D eigenvalue weighted by Gasteiger charge is -2.09. The van der Waals surface area contributed by atoms with Crippen LogP contribution in [0.15, 0.2) is 30.3 Å². The third-order valence-corrected chi connectivity index (χ3v) is 3.73. The van der Waals surface area contributed by atoms with Crippen LogP contribution in [-0.4, -0.2) is 24.1 Å². The first-order valence-corrected chi connectivity index (χ1v) is 6.68. The molecule has 0 aliphatic rings. The zero-order chi connectivity index (χ0) is 14.7. The second-order valence-electron chi connectivity index (χ2n) is 3.77. The smallest absolute Gasteiger partial charge is 0.337 e. The summed E-state index contributed by atoms with van der Waals surface area (Å²) in [5, 5.41) is 11.7. The minimum atomic E-state index is -1.13. The predicted octanol–water partition coefficient (Wildman–Crippen LogP) is 3.36. The molecular formula is C13H10ClNO4S. The number of nitrogens with one attached hydrogen (secondary N) is 1. The Kier molecular flexibility index (Phi) is 4.26. The van der Waals surface area contributed by atoms with Crippen molar-refractivity contribution in [1.29, 1.82) is 0 Å². The van der Waals surface area contributed by atoms with Gasteiger partial charge in [0.05, 0.1) is 27.6 Å². The maximum Gasteiger partial charge on any atom is 0.337 e. The number of ether oxygens (including phenoxy) is 1. The Morgan fingerprint density at radius 1 is 1.30 bits per heavy atom. The molecule has 0 bridgehead atoms. The number of carboxylic acids is 1. The maximum absolute atomic E-state index is 12.0. The van der Waals surface area contributed by atoms with Crippen LogP contribution in [0, 0.1) is 0 Å². The Balaban J connectivity index is 2.31. The van der Waals surface area contributed by atoms with Gasteiger partial charge in [-0.15, -0.1) is 11.3 Å². The minimum Gasteiger partial charge on any atom is -0.497 e. The summed E-state index contributed by atoms with van der Waals surface area (Å²) in [6, 6.07) is 7.52. The van der Waals surface area contributed by atoms with Gasteiger partial charge in [0.2, 0.25) is 0 Å². The molecular weight excluding hydrogens is 302 g/mol. The summed E-state index contributed by atoms with van der Waals surface area (Å²) in [5.74, 6) is -1.10. The van der Waals surface area contributed by atoms with Crippen LogP contribution < -0.4 is 10.1 Å². The summed E-state index contributed by atoms with van der Waals surface area (Å²) in [6.45, 7) is 0. The molecule has 5 nitrogen and oxygen atoms in total. The highest BCUT2D eigenvalue weighted by atomic mass is 35.5. The van der Waals surface area contributed by atoms with E-state index in [2.05, 4.69) is 5.32 Å². The standard InChI is InChI=1S/C13H10ClNO4S/c1-19-7-2-3-8(13(17)18)9(6-7)15-12(16)10-4-5-11(14)20-10/h2-6H,1H3,(H,15,16)(H,17,18). The van der Waals surface area contributed by atoms with Gasteiger partial charge in [0.1, 0.15) is 5.75 Å². The molecule has 0 radical (unpaired) electrons. The van der Waals surface area contributed by atoms with Crippen LogP contribution in [0.4, 0.5) is 5.69 Å². The lowest BCUT2D eigenvalue weighted by Crippen LogP contribution is -2.13. The van der Waals surface area contributed by atoms with Crippen LogP contribution in [0.25, 0.3) is 0 Å². The van der Waals surface area contributed by atoms with Gasteiger partial charge in [0, 0.05) is 6.07 Å². The van der Waals surface area contributed by atoms with Gasteiger partial charge < -0.3 is 15.2 Å². The first-order chi connectivity index (χ1) is 9.51. The van der Waals surface area contributed by atoms with Crippen molar-refractivity contribution in [2.45, 2.75) is 0 Å². The molecule has 0 fully saturated rings. The number of rotatable bonds is 4. The number of hydrogen-bond acceptors (Lipinski definition) is 4. The highest BCUT2D eigenvalue weighted by molar-refractivity contribution is 7.18. The molecule has 2 aromatic rings. The highest BCUT2D eigenvalue weighted by Crippen LogP contribution is 2.26. The third kappa shape index (κ3) is 3.09. The fourth-order valence-electron chi connectivity index (χ4n) is 1.56. The van der Waals surface area contributed by atoms with E-state index >= 15 is 0 Å². The van der Waals surface area contributed by atoms with Gasteiger partial charge in [-0.05, 0) is 24.3 Å². The number of benzene rings is 1. The summed E-state index contributed by atoms with van der Waals surface area (Å²) in [6.07, 6.45) is 0. The van der Waals surface area contributed by atoms with Crippen LogP contribution >= 0.6 is 22.9 Å². The number of halogens is 1. The molecule has 20 heavy (non-hydrogen) atoms. The van der Waals surface area contributed by atoms with Crippen molar-refractivity contribution in [2.24, 2.45) is 0 Å². The zero-order valence-electron chi connectivity index (χ0n) is 10.3. The monoisotopic (exact) mass is 311 g/mol. The predicted molar refractivity (Wildman–Crippen MR) is 77.2 cm³/mol. The number of thiophene rings is 1. The first-order valence-electron chi connectivity index (χ1n) is 5.49. The van der Waals surface area contributed by atoms with Crippen LogP contribution in [-0.2, 0) is 0 Å². The van der Waals surface area contributed by atoms with E-state index in [0.717, 1.165) is 11.3 Å². The van der Waals surface area contributed by atoms with Gasteiger partial charge in [-0.1, -0.05) is 11.6 Å². The molecule has 2 N–H and O–H groups in total. The summed E-state index contributed by atoms with van der Waals surface area (Å²) in [5.41, 5.74) is 0.160. The van der Waals surface area contributed by atoms with E-state index in [1.54, 1.807) is 12.1 Å². The van der Waals surface area contributed by atoms with Gasteiger partial charge >= 0.3 is 5.97 Å². The molecule has 0 saturated heterocycles. The third-order valence-electron chi connectivity index (χ3n) is 2.50. The first kappa shape index (κ1) is 14.4. The van der Waals surface area contributed by atoms with E-state index in [-0.39, 0.29) is 11.3 Å². The Hall–Kier alpha value is -2.05. The quantitative estimate of drug-likeness (QED) is 0.907. The summed E-state index contributed by atoms with van der Waals surface area (Å²) < 4.78 is 5.50. The van der Waals surface area contributed by atoms with Crippen LogP contribution in [0.5, 0.6) is 5.75 Å². The average molecular weight is 312 g/mol. The average Bonchev–Trinajstić information content (AvgIpc) is 2.85. The SMILES string of the molecule is COc1ccc(C(=O)O)c(NC(=O)c2ccc(Cl)s2)c1. The molecule has 0 saturated carbocycles. The number of carbonyl (C=O) groups excluding carboxylic acids is 1. The molecule has 0 aliphatic heterocycles. The number of hydrogen-bond donors (Lipinski definition) is 2. The molecule has 1 aromatic carbocycles. The van der Waals surface area contributed by atoms with E-state index in [9.17, 15) is 9.59 Å². The van der Waals surface area contributed by atoms with E-state index < -0.39 is 11.9 Å². The maximum atomic E-state index is 12.0. The van der Waals surface area contributed by atoms with E-state index in [1.165, 1.54) is 25.3 Å². The molecule has 0 aliphatic carbocycles. The second-order valence-corrected chi connectivity index (χ2v) is 5.49. The number of amides is 1. The Bertz CT molecular complexity index is 668. The molecule has 2 rings (SSSR count). The Labute approximate surface area is 123 Å². The van der Waals surface area contributed by atoms with Gasteiger partial charge in [0.25, 0.3) is 5.91 Å². The molecule has 1 aromatic heterocycles. The van der Waals surface area contributed by atoms with E-state index in [1.807, 2.05) is 0 Å². The van der Waals surface area contributed by atoms with Crippen LogP contribution in [0.1, 0.15) is 20.0 Å². The summed E-state index contributed by atoms with van der Waals surface area (Å²) >= 11 is 6.88. The largest absolute Gasteiger partial charge is 0.497 e. The molecule has 0 spiro atoms. The number of carbonyl (C=O) groups is 2. The van der Waals surface area contributed by atoms with Crippen LogP contribution in [0.2, 0.25) is 4.34 Å². The molecule has 0 atom stereocenters. The number of anilines is 1. The Morgan fingerprint density at radius 3 is 2.60 bits per heavy atom. The normalized spacial score (nSPS) is 10.1. The Morgan fingerprint density at radius 2 is 2.05 bits per heavy atom. The zero-order valence-corrected chi connectivity index (χ0v) is 11.9. The number of methoxy groups -OCH3 is 1. The van der Waals surface area contributed by atoms with Crippen molar-refractivity contribution >= 4 is 40.5 Å². The molecule has 1 heterocycles. The van der Waals surface area contributed by atoms with Crippen molar-refractivity contribution in [3.63, 3.8) is 0 Å². The molecule has 104 valence electrons. The number of aromatic carboxylic acids is 1. The van der Waals surface area contributed by atoms with Crippen LogP contribution in [0.3, 0.4) is 0 Å². The van der Waals surface area contributed by atoms with Crippen molar-refractivity contribution < 1.29 is 19.4 Å². The van der Waals surface area contributed by atoms with Gasteiger partial charge in [-0.25, -0.2) is 4.79 Å². The molecule has 1 amide bonds. The fraction of sp³-hybridized carbons (Fsp3) is 0.0769. The molecule has 0 unspecified atom stereocenters. The fourth-order valence-corrected chi connectivity index (χ4v) is 2.50. The van der Waals surface area contributed by atoms with Crippen molar-refractivity contribution in [3.05, 3.63) is 45.1 Å². The van der Waals surface area contributed by atoms with E-state index in [4.69, 9.17) is 21.4 Å². The van der Waals surface area contributed by atoms with Gasteiger partial charge in [-0.3, -0.25) is 4.79 Å².